The molecular formula is C20H32ClN3O. The number of hydrogen-bond acceptors (Lipinski definition) is 3. The number of hydrogen-bond donors (Lipinski definition) is 3. The van der Waals surface area contributed by atoms with Crippen molar-refractivity contribution in [1.29, 1.82) is 0 Å². The molecule has 5 heteroatoms. The smallest absolute Gasteiger partial charge is 0.151 e. The predicted molar refractivity (Wildman–Crippen MR) is 101 cm³/mol. The van der Waals surface area contributed by atoms with E-state index in [1.165, 1.54) is 19.3 Å². The highest BCUT2D eigenvalue weighted by atomic mass is 35.5. The fourth-order valence-corrected chi connectivity index (χ4v) is 6.50. The molecule has 4 aliphatic carbocycles. The van der Waals surface area contributed by atoms with Crippen LogP contribution in [0.3, 0.4) is 0 Å². The number of unbranched alkanes of at least 4 members (excludes halogenated alkanes) is 1. The molecule has 0 spiro atoms. The van der Waals surface area contributed by atoms with Gasteiger partial charge in [0.2, 0.25) is 0 Å². The number of aromatic nitrogens is 2. The van der Waals surface area contributed by atoms with Gasteiger partial charge in [0.15, 0.2) is 5.15 Å². The van der Waals surface area contributed by atoms with Crippen LogP contribution in [0, 0.1) is 17.3 Å². The number of halogens is 1. The van der Waals surface area contributed by atoms with Crippen LogP contribution in [-0.4, -0.2) is 26.7 Å². The normalized spacial score (nSPS) is 37.6. The van der Waals surface area contributed by atoms with Crippen LogP contribution in [0.4, 0.5) is 0 Å². The van der Waals surface area contributed by atoms with Crippen molar-refractivity contribution in [1.82, 2.24) is 15.3 Å². The van der Waals surface area contributed by atoms with E-state index in [9.17, 15) is 5.11 Å². The van der Waals surface area contributed by atoms with Crippen LogP contribution in [0.25, 0.3) is 0 Å². The monoisotopic (exact) mass is 365 g/mol. The molecule has 4 nitrogen and oxygen atoms in total. The average molecular weight is 366 g/mol. The van der Waals surface area contributed by atoms with Crippen LogP contribution < -0.4 is 5.32 Å². The van der Waals surface area contributed by atoms with Crippen molar-refractivity contribution in [2.24, 2.45) is 17.3 Å². The van der Waals surface area contributed by atoms with Crippen LogP contribution >= 0.6 is 11.6 Å². The van der Waals surface area contributed by atoms with E-state index < -0.39 is 0 Å². The summed E-state index contributed by atoms with van der Waals surface area (Å²) in [5.74, 6) is 2.46. The van der Waals surface area contributed by atoms with Crippen molar-refractivity contribution in [2.75, 3.05) is 0 Å². The lowest BCUT2D eigenvalue weighted by atomic mass is 9.46. The van der Waals surface area contributed by atoms with E-state index in [0.29, 0.717) is 11.2 Å². The molecule has 3 atom stereocenters. The SMILES string of the molecule is CCCCc1nc(Cl)c(CNC(C)C23CC4CC(CC(O)(C4)C2)C3)[nH]1. The third-order valence-electron chi connectivity index (χ3n) is 7.12. The van der Waals surface area contributed by atoms with Crippen LogP contribution in [0.1, 0.15) is 76.7 Å². The third kappa shape index (κ3) is 3.38. The van der Waals surface area contributed by atoms with Crippen LogP contribution in [-0.2, 0) is 13.0 Å². The van der Waals surface area contributed by atoms with Crippen molar-refractivity contribution in [3.8, 4) is 0 Å². The molecule has 4 aliphatic rings. The van der Waals surface area contributed by atoms with Gasteiger partial charge >= 0.3 is 0 Å². The zero-order valence-corrected chi connectivity index (χ0v) is 16.3. The lowest BCUT2D eigenvalue weighted by molar-refractivity contribution is -0.172. The molecule has 4 fully saturated rings. The highest BCUT2D eigenvalue weighted by Gasteiger charge is 2.58. The van der Waals surface area contributed by atoms with Gasteiger partial charge in [0.25, 0.3) is 0 Å². The van der Waals surface area contributed by atoms with Gasteiger partial charge in [-0.1, -0.05) is 24.9 Å². The standard InChI is InChI=1S/C20H32ClN3O/c1-3-4-5-17-23-16(18(21)24-17)11-22-13(2)19-7-14-6-15(8-19)10-20(25,9-14)12-19/h13-15,22,25H,3-12H2,1-2H3,(H,23,24). The summed E-state index contributed by atoms with van der Waals surface area (Å²) in [5, 5.41) is 15.3. The quantitative estimate of drug-likeness (QED) is 0.678. The fourth-order valence-electron chi connectivity index (χ4n) is 6.28. The zero-order valence-electron chi connectivity index (χ0n) is 15.6. The molecule has 0 aromatic carbocycles. The van der Waals surface area contributed by atoms with Crippen LogP contribution in [0.2, 0.25) is 5.15 Å². The second-order valence-corrected chi connectivity index (χ2v) is 9.56. The molecule has 0 aliphatic heterocycles. The summed E-state index contributed by atoms with van der Waals surface area (Å²) in [6.45, 7) is 5.22. The number of imidazole rings is 1. The topological polar surface area (TPSA) is 60.9 Å². The summed E-state index contributed by atoms with van der Waals surface area (Å²) in [6.07, 6.45) is 10.2. The number of nitrogens with zero attached hydrogens (tertiary/aromatic N) is 1. The van der Waals surface area contributed by atoms with E-state index in [2.05, 4.69) is 29.1 Å². The zero-order chi connectivity index (χ0) is 17.7. The van der Waals surface area contributed by atoms with Gasteiger partial charge in [0.05, 0.1) is 11.3 Å². The van der Waals surface area contributed by atoms with Gasteiger partial charge in [0, 0.05) is 19.0 Å². The van der Waals surface area contributed by atoms with Crippen molar-refractivity contribution in [3.05, 3.63) is 16.7 Å². The molecule has 1 aromatic heterocycles. The van der Waals surface area contributed by atoms with Gasteiger partial charge < -0.3 is 15.4 Å². The molecule has 3 N–H and O–H groups in total. The molecule has 4 saturated carbocycles. The number of aliphatic hydroxyl groups is 1. The Balaban J connectivity index is 1.41. The summed E-state index contributed by atoms with van der Waals surface area (Å²) in [7, 11) is 0. The van der Waals surface area contributed by atoms with E-state index >= 15 is 0 Å². The summed E-state index contributed by atoms with van der Waals surface area (Å²) >= 11 is 6.33. The van der Waals surface area contributed by atoms with Gasteiger partial charge in [-0.05, 0) is 69.1 Å². The molecule has 1 heterocycles. The van der Waals surface area contributed by atoms with Gasteiger partial charge in [-0.15, -0.1) is 0 Å². The molecular weight excluding hydrogens is 334 g/mol. The summed E-state index contributed by atoms with van der Waals surface area (Å²) in [4.78, 5) is 7.86. The Hall–Kier alpha value is -0.580. The van der Waals surface area contributed by atoms with Gasteiger partial charge in [0.1, 0.15) is 5.82 Å². The molecule has 25 heavy (non-hydrogen) atoms. The first-order chi connectivity index (χ1) is 11.9. The third-order valence-corrected chi connectivity index (χ3v) is 7.44. The highest BCUT2D eigenvalue weighted by Crippen LogP contribution is 2.62. The average Bonchev–Trinajstić information content (AvgIpc) is 2.88. The Morgan fingerprint density at radius 1 is 1.32 bits per heavy atom. The van der Waals surface area contributed by atoms with Gasteiger partial charge in [-0.25, -0.2) is 4.98 Å². The van der Waals surface area contributed by atoms with Crippen molar-refractivity contribution in [2.45, 2.75) is 89.8 Å². The first-order valence-corrected chi connectivity index (χ1v) is 10.5. The summed E-state index contributed by atoms with van der Waals surface area (Å²) in [6, 6.07) is 0.392. The Morgan fingerprint density at radius 3 is 2.68 bits per heavy atom. The largest absolute Gasteiger partial charge is 0.390 e. The lowest BCUT2D eigenvalue weighted by Gasteiger charge is -2.62. The van der Waals surface area contributed by atoms with Crippen molar-refractivity contribution >= 4 is 11.6 Å². The van der Waals surface area contributed by atoms with E-state index in [-0.39, 0.29) is 11.0 Å². The molecule has 1 aromatic rings. The first-order valence-electron chi connectivity index (χ1n) is 10.1. The van der Waals surface area contributed by atoms with Crippen molar-refractivity contribution in [3.63, 3.8) is 0 Å². The Kier molecular flexibility index (Phi) is 4.66. The molecule has 4 bridgehead atoms. The number of nitrogens with one attached hydrogen (secondary N) is 2. The Labute approximate surface area is 156 Å². The summed E-state index contributed by atoms with van der Waals surface area (Å²) < 4.78 is 0. The second-order valence-electron chi connectivity index (χ2n) is 9.21. The van der Waals surface area contributed by atoms with E-state index in [0.717, 1.165) is 68.4 Å². The minimum Gasteiger partial charge on any atom is -0.390 e. The summed E-state index contributed by atoms with van der Waals surface area (Å²) in [5.41, 5.74) is 0.873. The fraction of sp³-hybridized carbons (Fsp3) is 0.850. The number of aromatic amines is 1. The number of H-pyrrole nitrogens is 1. The predicted octanol–water partition coefficient (Wildman–Crippen LogP) is 4.22. The van der Waals surface area contributed by atoms with E-state index in [4.69, 9.17) is 11.6 Å². The molecule has 0 radical (unpaired) electrons. The minimum atomic E-state index is -0.390. The lowest BCUT2D eigenvalue weighted by Crippen LogP contribution is -2.61. The second kappa shape index (κ2) is 6.54. The van der Waals surface area contributed by atoms with Crippen LogP contribution in [0.5, 0.6) is 0 Å². The highest BCUT2D eigenvalue weighted by molar-refractivity contribution is 6.30. The van der Waals surface area contributed by atoms with E-state index in [1.807, 2.05) is 0 Å². The van der Waals surface area contributed by atoms with Gasteiger partial charge in [-0.2, -0.15) is 0 Å². The Morgan fingerprint density at radius 2 is 2.04 bits per heavy atom. The Bertz CT molecular complexity index is 614. The molecule has 0 amide bonds. The number of aryl methyl sites for hydroxylation is 1. The molecule has 0 saturated heterocycles. The minimum absolute atomic E-state index is 0.260. The maximum absolute atomic E-state index is 11.0. The van der Waals surface area contributed by atoms with E-state index in [1.54, 1.807) is 0 Å². The molecule has 5 rings (SSSR count). The molecule has 140 valence electrons. The molecule has 3 unspecified atom stereocenters. The maximum atomic E-state index is 11.0. The van der Waals surface area contributed by atoms with Crippen molar-refractivity contribution < 1.29 is 5.11 Å². The maximum Gasteiger partial charge on any atom is 0.151 e. The number of rotatable bonds is 7. The first kappa shape index (κ1) is 17.8. The van der Waals surface area contributed by atoms with Gasteiger partial charge in [-0.3, -0.25) is 0 Å². The van der Waals surface area contributed by atoms with Crippen LogP contribution in [0.15, 0.2) is 0 Å².